The van der Waals surface area contributed by atoms with Crippen molar-refractivity contribution in [1.82, 2.24) is 5.32 Å². The molecule has 2 aromatic carbocycles. The van der Waals surface area contributed by atoms with Crippen LogP contribution in [0.3, 0.4) is 0 Å². The SMILES string of the molecule is COc1ccc2oc(C(=O)NC(C)c3cccc(Cl)c3)c(C)c2c1. The zero-order valence-electron chi connectivity index (χ0n) is 13.7. The first kappa shape index (κ1) is 16.4. The van der Waals surface area contributed by atoms with E-state index in [1.54, 1.807) is 19.2 Å². The maximum absolute atomic E-state index is 12.6. The highest BCUT2D eigenvalue weighted by Gasteiger charge is 2.20. The summed E-state index contributed by atoms with van der Waals surface area (Å²) in [6.07, 6.45) is 0. The fourth-order valence-corrected chi connectivity index (χ4v) is 2.86. The largest absolute Gasteiger partial charge is 0.497 e. The average Bonchev–Trinajstić information content (AvgIpc) is 2.91. The third-order valence-corrected chi connectivity index (χ3v) is 4.28. The number of methoxy groups -OCH3 is 1. The molecule has 5 heteroatoms. The summed E-state index contributed by atoms with van der Waals surface area (Å²) >= 11 is 6.01. The summed E-state index contributed by atoms with van der Waals surface area (Å²) < 4.78 is 11.0. The highest BCUT2D eigenvalue weighted by atomic mass is 35.5. The lowest BCUT2D eigenvalue weighted by Crippen LogP contribution is -2.26. The van der Waals surface area contributed by atoms with Crippen molar-refractivity contribution in [3.05, 3.63) is 64.4 Å². The number of ether oxygens (including phenoxy) is 1. The zero-order chi connectivity index (χ0) is 17.3. The van der Waals surface area contributed by atoms with Crippen LogP contribution >= 0.6 is 11.6 Å². The molecule has 0 spiro atoms. The molecule has 0 fully saturated rings. The number of carbonyl (C=O) groups is 1. The molecule has 0 aliphatic heterocycles. The maximum Gasteiger partial charge on any atom is 0.287 e. The van der Waals surface area contributed by atoms with Crippen LogP contribution in [0, 0.1) is 6.92 Å². The van der Waals surface area contributed by atoms with Gasteiger partial charge in [-0.15, -0.1) is 0 Å². The fraction of sp³-hybridized carbons (Fsp3) is 0.211. The second-order valence-corrected chi connectivity index (χ2v) is 6.10. The lowest BCUT2D eigenvalue weighted by molar-refractivity contribution is 0.0913. The van der Waals surface area contributed by atoms with Gasteiger partial charge in [0.25, 0.3) is 5.91 Å². The Morgan fingerprint density at radius 1 is 1.25 bits per heavy atom. The standard InChI is InChI=1S/C19H18ClNO3/c1-11-16-10-15(23-3)7-8-17(16)24-18(11)19(22)21-12(2)13-5-4-6-14(20)9-13/h4-10,12H,1-3H3,(H,21,22). The molecule has 24 heavy (non-hydrogen) atoms. The van der Waals surface area contributed by atoms with Crippen LogP contribution in [0.5, 0.6) is 5.75 Å². The van der Waals surface area contributed by atoms with E-state index in [1.165, 1.54) is 0 Å². The van der Waals surface area contributed by atoms with Gasteiger partial charge in [0.2, 0.25) is 0 Å². The molecule has 1 amide bonds. The van der Waals surface area contributed by atoms with Crippen molar-refractivity contribution in [2.24, 2.45) is 0 Å². The number of rotatable bonds is 4. The number of aryl methyl sites for hydroxylation is 1. The van der Waals surface area contributed by atoms with Crippen molar-refractivity contribution in [3.8, 4) is 5.75 Å². The van der Waals surface area contributed by atoms with Gasteiger partial charge in [-0.25, -0.2) is 0 Å². The van der Waals surface area contributed by atoms with Crippen LogP contribution in [0.25, 0.3) is 11.0 Å². The van der Waals surface area contributed by atoms with Crippen LogP contribution in [0.1, 0.15) is 34.6 Å². The van der Waals surface area contributed by atoms with Gasteiger partial charge in [0.05, 0.1) is 13.2 Å². The molecule has 1 N–H and O–H groups in total. The summed E-state index contributed by atoms with van der Waals surface area (Å²) in [6.45, 7) is 3.77. The molecule has 0 aliphatic rings. The second kappa shape index (κ2) is 6.57. The Kier molecular flexibility index (Phi) is 4.49. The highest BCUT2D eigenvalue weighted by Crippen LogP contribution is 2.29. The molecular weight excluding hydrogens is 326 g/mol. The zero-order valence-corrected chi connectivity index (χ0v) is 14.5. The minimum Gasteiger partial charge on any atom is -0.497 e. The number of benzene rings is 2. The van der Waals surface area contributed by atoms with Gasteiger partial charge in [0.15, 0.2) is 5.76 Å². The van der Waals surface area contributed by atoms with Gasteiger partial charge >= 0.3 is 0 Å². The predicted molar refractivity (Wildman–Crippen MR) is 94.8 cm³/mol. The molecule has 0 bridgehead atoms. The number of halogens is 1. The molecule has 1 unspecified atom stereocenters. The lowest BCUT2D eigenvalue weighted by atomic mass is 10.1. The normalized spacial score (nSPS) is 12.2. The minimum absolute atomic E-state index is 0.182. The van der Waals surface area contributed by atoms with Crippen molar-refractivity contribution in [2.75, 3.05) is 7.11 Å². The van der Waals surface area contributed by atoms with E-state index in [2.05, 4.69) is 5.32 Å². The number of fused-ring (bicyclic) bond motifs is 1. The molecule has 3 rings (SSSR count). The van der Waals surface area contributed by atoms with Crippen LogP contribution in [0.2, 0.25) is 5.02 Å². The van der Waals surface area contributed by atoms with E-state index in [0.717, 1.165) is 22.3 Å². The van der Waals surface area contributed by atoms with Gasteiger partial charge in [-0.3, -0.25) is 4.79 Å². The number of nitrogens with one attached hydrogen (secondary N) is 1. The molecule has 1 atom stereocenters. The average molecular weight is 344 g/mol. The van der Waals surface area contributed by atoms with Crippen LogP contribution in [0.4, 0.5) is 0 Å². The Morgan fingerprint density at radius 2 is 2.04 bits per heavy atom. The van der Waals surface area contributed by atoms with Gasteiger partial charge in [-0.1, -0.05) is 23.7 Å². The third-order valence-electron chi connectivity index (χ3n) is 4.05. The Balaban J connectivity index is 1.87. The summed E-state index contributed by atoms with van der Waals surface area (Å²) in [6, 6.07) is 12.7. The molecule has 3 aromatic rings. The van der Waals surface area contributed by atoms with E-state index in [4.69, 9.17) is 20.8 Å². The molecule has 1 aromatic heterocycles. The Labute approximate surface area is 145 Å². The summed E-state index contributed by atoms with van der Waals surface area (Å²) in [5.41, 5.74) is 2.39. The molecule has 1 heterocycles. The minimum atomic E-state index is -0.254. The van der Waals surface area contributed by atoms with Gasteiger partial charge < -0.3 is 14.5 Å². The van der Waals surface area contributed by atoms with Crippen molar-refractivity contribution in [2.45, 2.75) is 19.9 Å². The Bertz CT molecular complexity index is 901. The number of amides is 1. The molecule has 4 nitrogen and oxygen atoms in total. The first-order chi connectivity index (χ1) is 11.5. The van der Waals surface area contributed by atoms with Gasteiger partial charge in [0.1, 0.15) is 11.3 Å². The van der Waals surface area contributed by atoms with E-state index in [1.807, 2.05) is 44.2 Å². The molecule has 124 valence electrons. The van der Waals surface area contributed by atoms with Gasteiger partial charge in [0, 0.05) is 16.0 Å². The smallest absolute Gasteiger partial charge is 0.287 e. The van der Waals surface area contributed by atoms with E-state index < -0.39 is 0 Å². The quantitative estimate of drug-likeness (QED) is 0.733. The molecule has 0 saturated carbocycles. The van der Waals surface area contributed by atoms with E-state index in [-0.39, 0.29) is 11.9 Å². The maximum atomic E-state index is 12.6. The summed E-state index contributed by atoms with van der Waals surface area (Å²) in [4.78, 5) is 12.6. The van der Waals surface area contributed by atoms with Crippen LogP contribution in [-0.4, -0.2) is 13.0 Å². The van der Waals surface area contributed by atoms with Crippen LogP contribution in [-0.2, 0) is 0 Å². The van der Waals surface area contributed by atoms with Crippen molar-refractivity contribution in [1.29, 1.82) is 0 Å². The molecule has 0 radical (unpaired) electrons. The topological polar surface area (TPSA) is 51.5 Å². The van der Waals surface area contributed by atoms with Crippen molar-refractivity contribution in [3.63, 3.8) is 0 Å². The van der Waals surface area contributed by atoms with E-state index in [0.29, 0.717) is 16.4 Å². The summed E-state index contributed by atoms with van der Waals surface area (Å²) in [7, 11) is 1.61. The number of carbonyl (C=O) groups excluding carboxylic acids is 1. The van der Waals surface area contributed by atoms with E-state index in [9.17, 15) is 4.79 Å². The third kappa shape index (κ3) is 3.10. The first-order valence-electron chi connectivity index (χ1n) is 7.63. The van der Waals surface area contributed by atoms with Gasteiger partial charge in [-0.05, 0) is 49.7 Å². The van der Waals surface area contributed by atoms with E-state index >= 15 is 0 Å². The molecule has 0 aliphatic carbocycles. The van der Waals surface area contributed by atoms with Gasteiger partial charge in [-0.2, -0.15) is 0 Å². The molecular formula is C19H18ClNO3. The van der Waals surface area contributed by atoms with Crippen LogP contribution in [0.15, 0.2) is 46.9 Å². The van der Waals surface area contributed by atoms with Crippen molar-refractivity contribution < 1.29 is 13.9 Å². The first-order valence-corrected chi connectivity index (χ1v) is 8.01. The summed E-state index contributed by atoms with van der Waals surface area (Å²) in [5.74, 6) is 0.785. The van der Waals surface area contributed by atoms with Crippen molar-refractivity contribution >= 4 is 28.5 Å². The number of hydrogen-bond acceptors (Lipinski definition) is 3. The Morgan fingerprint density at radius 3 is 2.75 bits per heavy atom. The fourth-order valence-electron chi connectivity index (χ4n) is 2.67. The second-order valence-electron chi connectivity index (χ2n) is 5.67. The number of furan rings is 1. The Hall–Kier alpha value is -2.46. The molecule has 0 saturated heterocycles. The van der Waals surface area contributed by atoms with Crippen LogP contribution < -0.4 is 10.1 Å². The summed E-state index contributed by atoms with van der Waals surface area (Å²) in [5, 5.41) is 4.46. The number of hydrogen-bond donors (Lipinski definition) is 1. The highest BCUT2D eigenvalue weighted by molar-refractivity contribution is 6.30. The monoisotopic (exact) mass is 343 g/mol. The predicted octanol–water partition coefficient (Wildman–Crippen LogP) is 4.89. The lowest BCUT2D eigenvalue weighted by Gasteiger charge is -2.14.